The number of phenols is 1. The first kappa shape index (κ1) is 37.7. The van der Waals surface area contributed by atoms with Gasteiger partial charge in [-0.15, -0.1) is 16.9 Å². The minimum absolute atomic E-state index is 0. The number of tetrazole rings is 1. The number of carbonyl (C=O) groups is 4. The molecule has 24 heteroatoms. The maximum absolute atomic E-state index is 13.6. The molecular weight excluding hydrogens is 718 g/mol. The smallest absolute Gasteiger partial charge is 0.543 e. The van der Waals surface area contributed by atoms with Gasteiger partial charge in [0.25, 0.3) is 11.5 Å². The summed E-state index contributed by atoms with van der Waals surface area (Å²) in [4.78, 5) is 69.6. The quantitative estimate of drug-likeness (QED) is 0.0696. The molecule has 4 heterocycles. The Morgan fingerprint density at radius 2 is 1.88 bits per heavy atom. The third-order valence-electron chi connectivity index (χ3n) is 6.95. The number of hydrogen-bond donors (Lipinski definition) is 5. The zero-order chi connectivity index (χ0) is 34.9. The Morgan fingerprint density at radius 1 is 1.18 bits per heavy atom. The van der Waals surface area contributed by atoms with E-state index in [0.717, 1.165) is 21.9 Å². The minimum Gasteiger partial charge on any atom is -0.543 e. The van der Waals surface area contributed by atoms with E-state index in [1.807, 2.05) is 0 Å². The van der Waals surface area contributed by atoms with Crippen LogP contribution in [-0.2, 0) is 38.5 Å². The molecule has 5 rings (SSSR count). The van der Waals surface area contributed by atoms with Crippen molar-refractivity contribution in [1.29, 1.82) is 0 Å². The van der Waals surface area contributed by atoms with Crippen LogP contribution in [0, 0.1) is 0 Å². The standard InChI is InChI=1S/C25H27N11O9S3.Na/c1-34-19(39)14(8-26-23(34)31-48(3,44)45)27-24(43)29-15(11-4-6-13(37)7-5-11)18(38)28-16-20(40)36-17(22(41)42)12(9-46-21(16)36)10-47-25-30-32-33-35(25)2;/h4-8,15-16,21,37H,9-10H2,1-3H3,(H,26,31)(H,28,38)(H,41,42)(H2,27,29,43);/q;+1/p-1/t15-,16?,21-;/m1./s1. The number of fused-ring (bicyclic) bond motifs is 1. The molecule has 0 spiro atoms. The number of aryl methyl sites for hydroxylation is 1. The normalized spacial score (nSPS) is 17.6. The van der Waals surface area contributed by atoms with Crippen molar-refractivity contribution in [2.24, 2.45) is 14.1 Å². The molecule has 0 aliphatic carbocycles. The first-order valence-corrected chi connectivity index (χ1v) is 17.5. The van der Waals surface area contributed by atoms with Gasteiger partial charge in [0.1, 0.15) is 28.9 Å². The Hall–Kier alpha value is -4.16. The molecule has 3 atom stereocenters. The Bertz CT molecular complexity index is 2000. The van der Waals surface area contributed by atoms with Crippen molar-refractivity contribution in [1.82, 2.24) is 45.3 Å². The molecule has 1 saturated heterocycles. The molecule has 2 aromatic heterocycles. The van der Waals surface area contributed by atoms with Gasteiger partial charge in [-0.05, 0) is 33.7 Å². The second kappa shape index (κ2) is 15.2. The van der Waals surface area contributed by atoms with Crippen LogP contribution in [0.2, 0.25) is 0 Å². The first-order valence-electron chi connectivity index (χ1n) is 13.6. The van der Waals surface area contributed by atoms with E-state index in [1.54, 1.807) is 7.05 Å². The van der Waals surface area contributed by atoms with Crippen molar-refractivity contribution in [2.45, 2.75) is 22.6 Å². The molecular formula is C25H26N11NaO9S3. The van der Waals surface area contributed by atoms with Gasteiger partial charge in [-0.25, -0.2) is 22.9 Å². The van der Waals surface area contributed by atoms with Gasteiger partial charge < -0.3 is 31.0 Å². The average Bonchev–Trinajstić information content (AvgIpc) is 3.44. The number of urea groups is 1. The minimum atomic E-state index is -3.76. The van der Waals surface area contributed by atoms with E-state index in [4.69, 9.17) is 0 Å². The van der Waals surface area contributed by atoms with Gasteiger partial charge in [-0.1, -0.05) is 23.9 Å². The molecule has 5 N–H and O–H groups in total. The fourth-order valence-electron chi connectivity index (χ4n) is 4.66. The van der Waals surface area contributed by atoms with Gasteiger partial charge in [-0.3, -0.25) is 28.6 Å². The maximum Gasteiger partial charge on any atom is 1.00 e. The number of carbonyl (C=O) groups excluding carboxylic acids is 4. The molecule has 3 aromatic rings. The molecule has 254 valence electrons. The fourth-order valence-corrected chi connectivity index (χ4v) is 7.52. The van der Waals surface area contributed by atoms with E-state index in [9.17, 15) is 42.6 Å². The molecule has 2 aliphatic rings. The fraction of sp³-hybridized carbons (Fsp3) is 0.320. The number of β-lactam (4-membered cyclic amide) rings is 1. The number of nitrogens with one attached hydrogen (secondary N) is 4. The van der Waals surface area contributed by atoms with E-state index in [2.05, 4.69) is 41.2 Å². The maximum atomic E-state index is 13.6. The van der Waals surface area contributed by atoms with Gasteiger partial charge in [0.05, 0.1) is 24.1 Å². The molecule has 1 unspecified atom stereocenters. The summed E-state index contributed by atoms with van der Waals surface area (Å²) in [6, 6.07) is 1.57. The number of thioether (sulfide) groups is 2. The number of carboxylic acids is 1. The molecule has 0 bridgehead atoms. The SMILES string of the molecule is Cn1nnnc1SCC1=C(C(=O)[O-])N2C(=O)C(NC(=O)[C@H](NC(=O)Nc3cnc(NS(C)(=O)=O)n(C)c3=O)c3ccc(O)cc3)[C@H]2SC1.[Na+]. The Labute approximate surface area is 307 Å². The number of benzene rings is 1. The predicted octanol–water partition coefficient (Wildman–Crippen LogP) is -5.56. The topological polar surface area (TPSA) is 276 Å². The zero-order valence-corrected chi connectivity index (χ0v) is 30.6. The van der Waals surface area contributed by atoms with Crippen LogP contribution in [0.3, 0.4) is 0 Å². The Morgan fingerprint density at radius 3 is 2.49 bits per heavy atom. The predicted molar refractivity (Wildman–Crippen MR) is 168 cm³/mol. The van der Waals surface area contributed by atoms with Crippen LogP contribution in [-0.4, -0.2) is 101 Å². The molecule has 0 saturated carbocycles. The summed E-state index contributed by atoms with van der Waals surface area (Å²) in [5.41, 5.74) is -0.893. The van der Waals surface area contributed by atoms with E-state index >= 15 is 0 Å². The van der Waals surface area contributed by atoms with Crippen LogP contribution in [0.5, 0.6) is 5.75 Å². The molecule has 4 amide bonds. The summed E-state index contributed by atoms with van der Waals surface area (Å²) >= 11 is 2.40. The van der Waals surface area contributed by atoms with Gasteiger partial charge in [0.2, 0.25) is 27.0 Å². The number of hydrogen-bond acceptors (Lipinski definition) is 15. The van der Waals surface area contributed by atoms with Crippen molar-refractivity contribution in [2.75, 3.05) is 27.8 Å². The second-order valence-electron chi connectivity index (χ2n) is 10.4. The van der Waals surface area contributed by atoms with Crippen molar-refractivity contribution in [3.63, 3.8) is 0 Å². The monoisotopic (exact) mass is 743 g/mol. The van der Waals surface area contributed by atoms with Crippen LogP contribution in [0.4, 0.5) is 16.4 Å². The third kappa shape index (κ3) is 8.36. The largest absolute Gasteiger partial charge is 1.00 e. The number of nitrogens with zero attached hydrogens (tertiary/aromatic N) is 7. The van der Waals surface area contributed by atoms with Crippen LogP contribution in [0.15, 0.2) is 51.7 Å². The van der Waals surface area contributed by atoms with Crippen LogP contribution >= 0.6 is 23.5 Å². The van der Waals surface area contributed by atoms with E-state index in [1.165, 1.54) is 59.5 Å². The summed E-state index contributed by atoms with van der Waals surface area (Å²) < 4.78 is 27.4. The first-order chi connectivity index (χ1) is 22.6. The Balaban J connectivity index is 0.00000541. The van der Waals surface area contributed by atoms with Crippen molar-refractivity contribution >= 4 is 69.0 Å². The Kier molecular flexibility index (Phi) is 11.7. The van der Waals surface area contributed by atoms with Gasteiger partial charge >= 0.3 is 35.6 Å². The zero-order valence-electron chi connectivity index (χ0n) is 26.1. The van der Waals surface area contributed by atoms with Crippen LogP contribution in [0.25, 0.3) is 0 Å². The third-order valence-corrected chi connectivity index (χ3v) is 9.94. The van der Waals surface area contributed by atoms with E-state index in [-0.39, 0.29) is 69.7 Å². The summed E-state index contributed by atoms with van der Waals surface area (Å²) in [5, 5.41) is 39.9. The molecule has 1 fully saturated rings. The number of sulfonamides is 1. The second-order valence-corrected chi connectivity index (χ2v) is 14.2. The molecule has 1 aromatic carbocycles. The molecule has 49 heavy (non-hydrogen) atoms. The van der Waals surface area contributed by atoms with Gasteiger partial charge in [0, 0.05) is 25.6 Å². The van der Waals surface area contributed by atoms with Crippen molar-refractivity contribution < 1.29 is 67.4 Å². The number of anilines is 2. The van der Waals surface area contributed by atoms with Crippen molar-refractivity contribution in [3.05, 3.63) is 57.6 Å². The number of aromatic nitrogens is 6. The number of amides is 4. The van der Waals surface area contributed by atoms with Gasteiger partial charge in [0.15, 0.2) is 0 Å². The molecule has 2 aliphatic heterocycles. The van der Waals surface area contributed by atoms with Crippen LogP contribution in [0.1, 0.15) is 11.6 Å². The van der Waals surface area contributed by atoms with Gasteiger partial charge in [-0.2, -0.15) is 0 Å². The number of rotatable bonds is 11. The number of aromatic hydroxyl groups is 1. The summed E-state index contributed by atoms with van der Waals surface area (Å²) in [5.74, 6) is -3.21. The summed E-state index contributed by atoms with van der Waals surface area (Å²) in [7, 11) is -0.917. The van der Waals surface area contributed by atoms with Crippen molar-refractivity contribution in [3.8, 4) is 5.75 Å². The summed E-state index contributed by atoms with van der Waals surface area (Å²) in [6.07, 6.45) is 1.79. The van der Waals surface area contributed by atoms with Crippen LogP contribution < -0.4 is 60.9 Å². The van der Waals surface area contributed by atoms with E-state index in [0.29, 0.717) is 10.7 Å². The average molecular weight is 744 g/mol. The number of phenolic OH excluding ortho intramolecular Hbond substituents is 1. The molecule has 20 nitrogen and oxygen atoms in total. The summed E-state index contributed by atoms with van der Waals surface area (Å²) in [6.45, 7) is 0. The van der Waals surface area contributed by atoms with E-state index < -0.39 is 56.9 Å². The number of carboxylic acid groups (broad SMARTS) is 1. The molecule has 0 radical (unpaired) electrons. The number of aliphatic carboxylic acids is 1.